The molecule has 0 unspecified atom stereocenters. The molecule has 0 aliphatic carbocycles. The molecule has 0 bridgehead atoms. The molecule has 0 fully saturated rings. The number of aromatic nitrogens is 4. The Morgan fingerprint density at radius 1 is 1.00 bits per heavy atom. The second-order valence-electron chi connectivity index (χ2n) is 7.43. The highest BCUT2D eigenvalue weighted by Gasteiger charge is 2.08. The Balaban J connectivity index is 0.00000306. The van der Waals surface area contributed by atoms with Gasteiger partial charge in [0.15, 0.2) is 11.8 Å². The van der Waals surface area contributed by atoms with Crippen molar-refractivity contribution < 1.29 is 4.74 Å². The minimum atomic E-state index is 0. The van der Waals surface area contributed by atoms with Crippen LogP contribution in [0.25, 0.3) is 10.9 Å². The Hall–Kier alpha value is -3.21. The highest BCUT2D eigenvalue weighted by atomic mass is 127. The van der Waals surface area contributed by atoms with Crippen LogP contribution in [0.15, 0.2) is 65.8 Å². The molecular formula is C24H28IN7O. The van der Waals surface area contributed by atoms with Crippen LogP contribution in [-0.4, -0.2) is 32.8 Å². The molecule has 0 atom stereocenters. The SMILES string of the molecule is COc1ccc(CN=C(NCc2ccnc3ccccc23)NCc2nnc(C)n2C)cc1.I. The molecule has 0 amide bonds. The molecule has 0 saturated heterocycles. The third-order valence-electron chi connectivity index (χ3n) is 5.36. The first-order chi connectivity index (χ1) is 15.6. The summed E-state index contributed by atoms with van der Waals surface area (Å²) in [5, 5.41) is 16.3. The van der Waals surface area contributed by atoms with Gasteiger partial charge in [0, 0.05) is 25.2 Å². The number of benzene rings is 2. The molecule has 2 aromatic carbocycles. The van der Waals surface area contributed by atoms with Gasteiger partial charge in [-0.25, -0.2) is 4.99 Å². The molecule has 8 nitrogen and oxygen atoms in total. The highest BCUT2D eigenvalue weighted by Crippen LogP contribution is 2.16. The van der Waals surface area contributed by atoms with E-state index in [2.05, 4.69) is 31.9 Å². The van der Waals surface area contributed by atoms with Crippen molar-refractivity contribution in [2.24, 2.45) is 12.0 Å². The van der Waals surface area contributed by atoms with Gasteiger partial charge in [0.25, 0.3) is 0 Å². The molecule has 9 heteroatoms. The lowest BCUT2D eigenvalue weighted by Gasteiger charge is -2.14. The lowest BCUT2D eigenvalue weighted by Crippen LogP contribution is -2.37. The van der Waals surface area contributed by atoms with E-state index in [0.29, 0.717) is 25.6 Å². The summed E-state index contributed by atoms with van der Waals surface area (Å²) in [6, 6.07) is 18.1. The molecular weight excluding hydrogens is 529 g/mol. The van der Waals surface area contributed by atoms with Crippen molar-refractivity contribution in [3.8, 4) is 5.75 Å². The molecule has 0 radical (unpaired) electrons. The van der Waals surface area contributed by atoms with Crippen molar-refractivity contribution in [1.29, 1.82) is 0 Å². The summed E-state index contributed by atoms with van der Waals surface area (Å²) in [6.45, 7) is 3.61. The largest absolute Gasteiger partial charge is 0.497 e. The number of pyridine rings is 1. The van der Waals surface area contributed by atoms with Crippen molar-refractivity contribution in [3.05, 3.63) is 83.6 Å². The van der Waals surface area contributed by atoms with Gasteiger partial charge in [-0.05, 0) is 42.3 Å². The van der Waals surface area contributed by atoms with E-state index in [9.17, 15) is 0 Å². The van der Waals surface area contributed by atoms with Crippen molar-refractivity contribution in [1.82, 2.24) is 30.4 Å². The summed E-state index contributed by atoms with van der Waals surface area (Å²) < 4.78 is 7.20. The van der Waals surface area contributed by atoms with Gasteiger partial charge in [-0.2, -0.15) is 0 Å². The van der Waals surface area contributed by atoms with Gasteiger partial charge in [-0.3, -0.25) is 4.98 Å². The lowest BCUT2D eigenvalue weighted by molar-refractivity contribution is 0.414. The topological polar surface area (TPSA) is 89.2 Å². The zero-order valence-corrected chi connectivity index (χ0v) is 21.3. The Morgan fingerprint density at radius 2 is 1.76 bits per heavy atom. The molecule has 33 heavy (non-hydrogen) atoms. The number of hydrogen-bond donors (Lipinski definition) is 2. The van der Waals surface area contributed by atoms with Crippen LogP contribution in [0.5, 0.6) is 5.75 Å². The van der Waals surface area contributed by atoms with E-state index in [4.69, 9.17) is 9.73 Å². The average Bonchev–Trinajstić information content (AvgIpc) is 3.16. The van der Waals surface area contributed by atoms with Crippen molar-refractivity contribution in [2.45, 2.75) is 26.6 Å². The van der Waals surface area contributed by atoms with Gasteiger partial charge >= 0.3 is 0 Å². The normalized spacial score (nSPS) is 11.2. The number of halogens is 1. The Morgan fingerprint density at radius 3 is 2.48 bits per heavy atom. The summed E-state index contributed by atoms with van der Waals surface area (Å²) in [6.07, 6.45) is 1.84. The maximum absolute atomic E-state index is 5.24. The van der Waals surface area contributed by atoms with Gasteiger partial charge in [-0.15, -0.1) is 34.2 Å². The van der Waals surface area contributed by atoms with Gasteiger partial charge < -0.3 is 19.9 Å². The molecule has 172 valence electrons. The third-order valence-corrected chi connectivity index (χ3v) is 5.36. The lowest BCUT2D eigenvalue weighted by atomic mass is 10.1. The van der Waals surface area contributed by atoms with Gasteiger partial charge in [0.2, 0.25) is 0 Å². The zero-order chi connectivity index (χ0) is 22.3. The first-order valence-electron chi connectivity index (χ1n) is 10.5. The molecule has 0 aliphatic rings. The van der Waals surface area contributed by atoms with Crippen LogP contribution in [0.4, 0.5) is 0 Å². The number of aryl methyl sites for hydroxylation is 1. The Bertz CT molecular complexity index is 1220. The van der Waals surface area contributed by atoms with E-state index < -0.39 is 0 Å². The Labute approximate surface area is 210 Å². The number of methoxy groups -OCH3 is 1. The number of hydrogen-bond acceptors (Lipinski definition) is 5. The minimum Gasteiger partial charge on any atom is -0.497 e. The summed E-state index contributed by atoms with van der Waals surface area (Å²) >= 11 is 0. The zero-order valence-electron chi connectivity index (χ0n) is 18.9. The van der Waals surface area contributed by atoms with Gasteiger partial charge in [0.05, 0.1) is 25.7 Å². The van der Waals surface area contributed by atoms with E-state index >= 15 is 0 Å². The van der Waals surface area contributed by atoms with Crippen LogP contribution < -0.4 is 15.4 Å². The average molecular weight is 557 g/mol. The van der Waals surface area contributed by atoms with E-state index in [1.54, 1.807) is 7.11 Å². The third kappa shape index (κ3) is 6.19. The van der Waals surface area contributed by atoms with Gasteiger partial charge in [-0.1, -0.05) is 30.3 Å². The van der Waals surface area contributed by atoms with Crippen LogP contribution in [0.1, 0.15) is 22.8 Å². The van der Waals surface area contributed by atoms with Crippen molar-refractivity contribution in [3.63, 3.8) is 0 Å². The first kappa shape index (κ1) is 24.4. The summed E-state index contributed by atoms with van der Waals surface area (Å²) in [5.41, 5.74) is 3.23. The molecule has 2 heterocycles. The molecule has 0 saturated carbocycles. The quantitative estimate of drug-likeness (QED) is 0.205. The summed E-state index contributed by atoms with van der Waals surface area (Å²) in [5.74, 6) is 3.24. The second kappa shape index (κ2) is 11.6. The van der Waals surface area contributed by atoms with Crippen LogP contribution in [-0.2, 0) is 26.7 Å². The van der Waals surface area contributed by atoms with Crippen LogP contribution >= 0.6 is 24.0 Å². The number of fused-ring (bicyclic) bond motifs is 1. The smallest absolute Gasteiger partial charge is 0.192 e. The summed E-state index contributed by atoms with van der Waals surface area (Å²) in [4.78, 5) is 9.22. The molecule has 0 aliphatic heterocycles. The fourth-order valence-electron chi connectivity index (χ4n) is 3.33. The maximum Gasteiger partial charge on any atom is 0.192 e. The Kier molecular flexibility index (Phi) is 8.58. The van der Waals surface area contributed by atoms with E-state index in [-0.39, 0.29) is 24.0 Å². The fraction of sp³-hybridized carbons (Fsp3) is 0.250. The van der Waals surface area contributed by atoms with E-state index in [1.165, 1.54) is 0 Å². The van der Waals surface area contributed by atoms with Crippen LogP contribution in [0.3, 0.4) is 0 Å². The highest BCUT2D eigenvalue weighted by molar-refractivity contribution is 14.0. The number of rotatable bonds is 7. The molecule has 2 N–H and O–H groups in total. The molecule has 4 aromatic rings. The fourth-order valence-corrected chi connectivity index (χ4v) is 3.33. The molecule has 4 rings (SSSR count). The number of ether oxygens (including phenoxy) is 1. The van der Waals surface area contributed by atoms with Gasteiger partial charge in [0.1, 0.15) is 11.6 Å². The predicted octanol–water partition coefficient (Wildman–Crippen LogP) is 3.73. The monoisotopic (exact) mass is 557 g/mol. The van der Waals surface area contributed by atoms with Crippen molar-refractivity contribution in [2.75, 3.05) is 7.11 Å². The standard InChI is InChI=1S/C24H27N7O.HI/c1-17-29-30-23(31(17)2)16-28-24(26-14-18-8-10-20(32-3)11-9-18)27-15-19-12-13-25-22-7-5-4-6-21(19)22;/h4-13H,14-16H2,1-3H3,(H2,26,27,28);1H. The number of nitrogens with one attached hydrogen (secondary N) is 2. The number of nitrogens with zero attached hydrogens (tertiary/aromatic N) is 5. The number of para-hydroxylation sites is 1. The number of aliphatic imine (C=N–C) groups is 1. The summed E-state index contributed by atoms with van der Waals surface area (Å²) in [7, 11) is 3.62. The predicted molar refractivity (Wildman–Crippen MR) is 141 cm³/mol. The first-order valence-corrected chi connectivity index (χ1v) is 10.5. The van der Waals surface area contributed by atoms with Crippen LogP contribution in [0.2, 0.25) is 0 Å². The van der Waals surface area contributed by atoms with Crippen LogP contribution in [0, 0.1) is 6.92 Å². The van der Waals surface area contributed by atoms with E-state index in [0.717, 1.165) is 39.4 Å². The second-order valence-corrected chi connectivity index (χ2v) is 7.43. The van der Waals surface area contributed by atoms with E-state index in [1.807, 2.05) is 73.3 Å². The molecule has 0 spiro atoms. The van der Waals surface area contributed by atoms with Crippen molar-refractivity contribution >= 4 is 40.8 Å². The maximum atomic E-state index is 5.24. The minimum absolute atomic E-state index is 0. The molecule has 2 aromatic heterocycles. The number of guanidine groups is 1.